The fourth-order valence-corrected chi connectivity index (χ4v) is 2.59. The molecule has 0 amide bonds. The highest BCUT2D eigenvalue weighted by Gasteiger charge is 2.10. The fraction of sp³-hybridized carbons (Fsp3) is 0.154. The second-order valence-corrected chi connectivity index (χ2v) is 5.05. The number of nitrogens with zero attached hydrogens (tertiary/aromatic N) is 2. The Morgan fingerprint density at radius 1 is 1.12 bits per heavy atom. The number of rotatable bonds is 2. The first-order chi connectivity index (χ1) is 8.24. The molecule has 1 aromatic carbocycles. The molecular formula is C13H12N2OS. The van der Waals surface area contributed by atoms with Gasteiger partial charge in [0.25, 0.3) is 0 Å². The average Bonchev–Trinajstić information content (AvgIpc) is 2.95. The van der Waals surface area contributed by atoms with E-state index in [1.54, 1.807) is 11.3 Å². The number of thiazole rings is 1. The second-order valence-electron chi connectivity index (χ2n) is 4.02. The zero-order valence-electron chi connectivity index (χ0n) is 9.68. The van der Waals surface area contributed by atoms with Gasteiger partial charge in [-0.05, 0) is 18.2 Å². The molecule has 4 heteroatoms. The van der Waals surface area contributed by atoms with Crippen LogP contribution in [0.25, 0.3) is 21.0 Å². The van der Waals surface area contributed by atoms with Crippen molar-refractivity contribution in [2.45, 2.75) is 0 Å². The summed E-state index contributed by atoms with van der Waals surface area (Å²) in [5, 5.41) is 0.930. The molecule has 0 fully saturated rings. The van der Waals surface area contributed by atoms with Crippen LogP contribution < -0.4 is 4.90 Å². The van der Waals surface area contributed by atoms with Gasteiger partial charge >= 0.3 is 0 Å². The van der Waals surface area contributed by atoms with Crippen LogP contribution in [0.15, 0.2) is 40.8 Å². The monoisotopic (exact) mass is 244 g/mol. The number of para-hydroxylation sites is 1. The van der Waals surface area contributed by atoms with Crippen molar-refractivity contribution in [2.24, 2.45) is 0 Å². The maximum atomic E-state index is 5.73. The molecule has 3 aromatic rings. The highest BCUT2D eigenvalue weighted by atomic mass is 32.1. The van der Waals surface area contributed by atoms with E-state index in [9.17, 15) is 0 Å². The molecule has 0 spiro atoms. The lowest BCUT2D eigenvalue weighted by Gasteiger charge is -2.05. The Balaban J connectivity index is 2.07. The first-order valence-electron chi connectivity index (χ1n) is 5.37. The van der Waals surface area contributed by atoms with E-state index in [0.717, 1.165) is 22.2 Å². The van der Waals surface area contributed by atoms with Crippen LogP contribution in [0, 0.1) is 0 Å². The van der Waals surface area contributed by atoms with Crippen LogP contribution in [0.3, 0.4) is 0 Å². The molecule has 0 saturated carbocycles. The summed E-state index contributed by atoms with van der Waals surface area (Å²) in [6.07, 6.45) is 0. The van der Waals surface area contributed by atoms with Gasteiger partial charge in [0, 0.05) is 20.2 Å². The maximum Gasteiger partial charge on any atom is 0.195 e. The molecule has 0 saturated heterocycles. The van der Waals surface area contributed by atoms with Gasteiger partial charge < -0.3 is 9.32 Å². The normalized spacial score (nSPS) is 10.9. The molecule has 0 atom stereocenters. The first-order valence-corrected chi connectivity index (χ1v) is 6.19. The molecule has 0 aliphatic rings. The van der Waals surface area contributed by atoms with Gasteiger partial charge in [-0.15, -0.1) is 11.3 Å². The minimum absolute atomic E-state index is 0.829. The molecule has 2 aromatic heterocycles. The Bertz CT molecular complexity index is 621. The minimum Gasteiger partial charge on any atom is -0.438 e. The van der Waals surface area contributed by atoms with E-state index >= 15 is 0 Å². The summed E-state index contributed by atoms with van der Waals surface area (Å²) >= 11 is 1.65. The van der Waals surface area contributed by atoms with Gasteiger partial charge in [-0.3, -0.25) is 0 Å². The maximum absolute atomic E-state index is 5.73. The number of hydrogen-bond donors (Lipinski definition) is 0. The highest BCUT2D eigenvalue weighted by molar-refractivity contribution is 7.21. The van der Waals surface area contributed by atoms with Crippen molar-refractivity contribution in [1.29, 1.82) is 0 Å². The summed E-state index contributed by atoms with van der Waals surface area (Å²) in [6, 6.07) is 12.0. The molecular weight excluding hydrogens is 232 g/mol. The molecule has 3 nitrogen and oxygen atoms in total. The molecule has 0 radical (unpaired) electrons. The van der Waals surface area contributed by atoms with E-state index in [4.69, 9.17) is 4.42 Å². The predicted molar refractivity (Wildman–Crippen MR) is 71.6 cm³/mol. The zero-order chi connectivity index (χ0) is 11.8. The van der Waals surface area contributed by atoms with Crippen LogP contribution in [0.2, 0.25) is 0 Å². The van der Waals surface area contributed by atoms with Crippen LogP contribution in [-0.2, 0) is 0 Å². The van der Waals surface area contributed by atoms with Crippen LogP contribution in [0.1, 0.15) is 0 Å². The molecule has 0 unspecified atom stereocenters. The third kappa shape index (κ3) is 1.80. The lowest BCUT2D eigenvalue weighted by Crippen LogP contribution is -2.06. The SMILES string of the molecule is CN(C)c1ccc(-c2nc3ccccc3s2)o1. The Labute approximate surface area is 103 Å². The minimum atomic E-state index is 0.829. The third-order valence-electron chi connectivity index (χ3n) is 2.54. The van der Waals surface area contributed by atoms with Gasteiger partial charge in [-0.2, -0.15) is 0 Å². The van der Waals surface area contributed by atoms with Gasteiger partial charge in [-0.25, -0.2) is 4.98 Å². The van der Waals surface area contributed by atoms with E-state index in [-0.39, 0.29) is 0 Å². The highest BCUT2D eigenvalue weighted by Crippen LogP contribution is 2.32. The number of aromatic nitrogens is 1. The van der Waals surface area contributed by atoms with E-state index in [1.165, 1.54) is 4.70 Å². The smallest absolute Gasteiger partial charge is 0.195 e. The van der Waals surface area contributed by atoms with Crippen molar-refractivity contribution < 1.29 is 4.42 Å². The van der Waals surface area contributed by atoms with E-state index in [0.29, 0.717) is 0 Å². The Kier molecular flexibility index (Phi) is 2.37. The quantitative estimate of drug-likeness (QED) is 0.689. The Morgan fingerprint density at radius 2 is 1.94 bits per heavy atom. The largest absolute Gasteiger partial charge is 0.438 e. The van der Waals surface area contributed by atoms with Crippen LogP contribution in [-0.4, -0.2) is 19.1 Å². The molecule has 0 bridgehead atoms. The van der Waals surface area contributed by atoms with Crippen molar-refractivity contribution in [1.82, 2.24) is 4.98 Å². The predicted octanol–water partition coefficient (Wildman–Crippen LogP) is 3.62. The second kappa shape index (κ2) is 3.89. The van der Waals surface area contributed by atoms with E-state index in [1.807, 2.05) is 49.3 Å². The summed E-state index contributed by atoms with van der Waals surface area (Å²) in [6.45, 7) is 0. The van der Waals surface area contributed by atoms with Gasteiger partial charge in [0.2, 0.25) is 0 Å². The van der Waals surface area contributed by atoms with Crippen molar-refractivity contribution in [3.05, 3.63) is 36.4 Å². The average molecular weight is 244 g/mol. The summed E-state index contributed by atoms with van der Waals surface area (Å²) < 4.78 is 6.92. The summed E-state index contributed by atoms with van der Waals surface area (Å²) in [7, 11) is 3.92. The molecule has 2 heterocycles. The number of benzene rings is 1. The van der Waals surface area contributed by atoms with E-state index < -0.39 is 0 Å². The van der Waals surface area contributed by atoms with Crippen molar-refractivity contribution in [3.8, 4) is 10.8 Å². The summed E-state index contributed by atoms with van der Waals surface area (Å²) in [5.41, 5.74) is 1.02. The summed E-state index contributed by atoms with van der Waals surface area (Å²) in [5.74, 6) is 1.68. The lowest BCUT2D eigenvalue weighted by molar-refractivity contribution is 0.579. The fourth-order valence-electron chi connectivity index (χ4n) is 1.66. The molecule has 3 rings (SSSR count). The molecule has 0 aliphatic heterocycles. The molecule has 17 heavy (non-hydrogen) atoms. The van der Waals surface area contributed by atoms with Gasteiger partial charge in [0.1, 0.15) is 0 Å². The van der Waals surface area contributed by atoms with Crippen LogP contribution in [0.5, 0.6) is 0 Å². The number of furan rings is 1. The Hall–Kier alpha value is -1.81. The van der Waals surface area contributed by atoms with Crippen molar-refractivity contribution in [2.75, 3.05) is 19.0 Å². The summed E-state index contributed by atoms with van der Waals surface area (Å²) in [4.78, 5) is 6.50. The topological polar surface area (TPSA) is 29.3 Å². The van der Waals surface area contributed by atoms with Gasteiger partial charge in [-0.1, -0.05) is 12.1 Å². The number of hydrogen-bond acceptors (Lipinski definition) is 4. The van der Waals surface area contributed by atoms with Crippen LogP contribution >= 0.6 is 11.3 Å². The number of anilines is 1. The van der Waals surface area contributed by atoms with Crippen molar-refractivity contribution >= 4 is 27.4 Å². The molecule has 0 N–H and O–H groups in total. The first kappa shape index (κ1) is 10.4. The van der Waals surface area contributed by atoms with Crippen LogP contribution in [0.4, 0.5) is 5.88 Å². The Morgan fingerprint density at radius 3 is 2.65 bits per heavy atom. The zero-order valence-corrected chi connectivity index (χ0v) is 10.5. The molecule has 86 valence electrons. The van der Waals surface area contributed by atoms with Crippen molar-refractivity contribution in [3.63, 3.8) is 0 Å². The van der Waals surface area contributed by atoms with Gasteiger partial charge in [0.05, 0.1) is 10.2 Å². The number of fused-ring (bicyclic) bond motifs is 1. The van der Waals surface area contributed by atoms with Gasteiger partial charge in [0.15, 0.2) is 16.7 Å². The lowest BCUT2D eigenvalue weighted by atomic mass is 10.3. The van der Waals surface area contributed by atoms with E-state index in [2.05, 4.69) is 11.1 Å². The third-order valence-corrected chi connectivity index (χ3v) is 3.59. The molecule has 0 aliphatic carbocycles. The standard InChI is InChI=1S/C13H12N2OS/c1-15(2)12-8-7-10(16-12)13-14-9-5-3-4-6-11(9)17-13/h3-8H,1-2H3.